The van der Waals surface area contributed by atoms with Crippen LogP contribution >= 0.6 is 0 Å². The largest absolute Gasteiger partial charge is 0.396 e. The van der Waals surface area contributed by atoms with Gasteiger partial charge >= 0.3 is 0 Å². The molecule has 0 heterocycles. The molecule has 13 heavy (non-hydrogen) atoms. The van der Waals surface area contributed by atoms with Crippen LogP contribution in [0, 0.1) is 0 Å². The fraction of sp³-hybridized carbons (Fsp3) is 0.182. The second-order valence-electron chi connectivity index (χ2n) is 2.54. The first kappa shape index (κ1) is 9.52. The smallest absolute Gasteiger partial charge is 0.114 e. The van der Waals surface area contributed by atoms with Crippen LogP contribution in [-0.2, 0) is 4.84 Å². The minimum atomic E-state index is 0.582. The Bertz CT molecular complexity index is 290. The first-order chi connectivity index (χ1) is 6.34. The van der Waals surface area contributed by atoms with Crippen molar-refractivity contribution in [3.05, 3.63) is 42.5 Å². The maximum Gasteiger partial charge on any atom is 0.114 e. The summed E-state index contributed by atoms with van der Waals surface area (Å²) < 4.78 is 0. The van der Waals surface area contributed by atoms with E-state index in [1.54, 1.807) is 6.21 Å². The Labute approximate surface area is 78.5 Å². The van der Waals surface area contributed by atoms with Gasteiger partial charge in [0.25, 0.3) is 0 Å². The summed E-state index contributed by atoms with van der Waals surface area (Å²) in [7, 11) is 0. The summed E-state index contributed by atoms with van der Waals surface area (Å²) in [6.45, 7) is 6.34. The van der Waals surface area contributed by atoms with Gasteiger partial charge in [-0.1, -0.05) is 42.1 Å². The van der Waals surface area contributed by atoms with Crippen LogP contribution in [0.5, 0.6) is 0 Å². The van der Waals surface area contributed by atoms with Gasteiger partial charge in [0.1, 0.15) is 6.61 Å². The number of rotatable bonds is 4. The van der Waals surface area contributed by atoms with Crippen molar-refractivity contribution in [2.75, 3.05) is 6.61 Å². The van der Waals surface area contributed by atoms with Gasteiger partial charge in [0.2, 0.25) is 0 Å². The van der Waals surface area contributed by atoms with Crippen LogP contribution in [0.1, 0.15) is 12.5 Å². The van der Waals surface area contributed by atoms with Crippen LogP contribution < -0.4 is 0 Å². The molecule has 0 aromatic heterocycles. The van der Waals surface area contributed by atoms with Gasteiger partial charge in [-0.2, -0.15) is 0 Å². The van der Waals surface area contributed by atoms with Crippen LogP contribution in [0.15, 0.2) is 42.1 Å². The molecule has 0 aliphatic rings. The third-order valence-corrected chi connectivity index (χ3v) is 1.56. The van der Waals surface area contributed by atoms with Gasteiger partial charge in [0, 0.05) is 0 Å². The topological polar surface area (TPSA) is 21.6 Å². The van der Waals surface area contributed by atoms with Crippen molar-refractivity contribution in [2.45, 2.75) is 6.92 Å². The molecule has 0 saturated carbocycles. The molecule has 2 nitrogen and oxygen atoms in total. The molecule has 0 amide bonds. The minimum Gasteiger partial charge on any atom is -0.396 e. The summed E-state index contributed by atoms with van der Waals surface area (Å²) in [4.78, 5) is 4.83. The highest BCUT2D eigenvalue weighted by Crippen LogP contribution is 2.08. The fourth-order valence-corrected chi connectivity index (χ4v) is 0.902. The highest BCUT2D eigenvalue weighted by molar-refractivity contribution is 6.08. The molecular weight excluding hydrogens is 162 g/mol. The summed E-state index contributed by atoms with van der Waals surface area (Å²) in [6.07, 6.45) is 1.62. The van der Waals surface area contributed by atoms with Gasteiger partial charge in [-0.05, 0) is 18.1 Å². The van der Waals surface area contributed by atoms with Crippen LogP contribution in [0.2, 0.25) is 0 Å². The SMILES string of the molecule is C=C(/C=N\OCC)c1ccccc1. The monoisotopic (exact) mass is 175 g/mol. The van der Waals surface area contributed by atoms with Crippen molar-refractivity contribution in [1.29, 1.82) is 0 Å². The lowest BCUT2D eigenvalue weighted by atomic mass is 10.1. The van der Waals surface area contributed by atoms with E-state index in [1.165, 1.54) is 0 Å². The fourth-order valence-electron chi connectivity index (χ4n) is 0.902. The maximum absolute atomic E-state index is 4.83. The van der Waals surface area contributed by atoms with E-state index in [9.17, 15) is 0 Å². The van der Waals surface area contributed by atoms with E-state index in [-0.39, 0.29) is 0 Å². The first-order valence-corrected chi connectivity index (χ1v) is 4.24. The quantitative estimate of drug-likeness (QED) is 0.509. The molecule has 1 rings (SSSR count). The van der Waals surface area contributed by atoms with Crippen LogP contribution in [0.4, 0.5) is 0 Å². The molecular formula is C11H13NO. The molecule has 0 aliphatic carbocycles. The number of oxime groups is 1. The highest BCUT2D eigenvalue weighted by Gasteiger charge is 1.92. The van der Waals surface area contributed by atoms with Crippen molar-refractivity contribution < 1.29 is 4.84 Å². The Morgan fingerprint density at radius 1 is 1.46 bits per heavy atom. The number of hydrogen-bond acceptors (Lipinski definition) is 2. The molecule has 1 aromatic carbocycles. The van der Waals surface area contributed by atoms with Crippen molar-refractivity contribution in [2.24, 2.45) is 5.16 Å². The zero-order valence-corrected chi connectivity index (χ0v) is 7.73. The molecule has 68 valence electrons. The Balaban J connectivity index is 2.59. The molecule has 0 bridgehead atoms. The molecule has 0 unspecified atom stereocenters. The van der Waals surface area contributed by atoms with E-state index in [2.05, 4.69) is 11.7 Å². The van der Waals surface area contributed by atoms with E-state index in [0.717, 1.165) is 11.1 Å². The molecule has 0 spiro atoms. The van der Waals surface area contributed by atoms with Crippen molar-refractivity contribution in [1.82, 2.24) is 0 Å². The molecule has 1 aromatic rings. The van der Waals surface area contributed by atoms with Crippen molar-refractivity contribution in [3.63, 3.8) is 0 Å². The van der Waals surface area contributed by atoms with Crippen molar-refractivity contribution in [3.8, 4) is 0 Å². The molecule has 0 N–H and O–H groups in total. The molecule has 0 aliphatic heterocycles. The number of benzene rings is 1. The third kappa shape index (κ3) is 3.11. The second-order valence-corrected chi connectivity index (χ2v) is 2.54. The molecule has 0 saturated heterocycles. The van der Waals surface area contributed by atoms with Crippen LogP contribution in [0.25, 0.3) is 5.57 Å². The molecule has 0 radical (unpaired) electrons. The highest BCUT2D eigenvalue weighted by atomic mass is 16.6. The van der Waals surface area contributed by atoms with E-state index >= 15 is 0 Å². The van der Waals surface area contributed by atoms with E-state index in [4.69, 9.17) is 4.84 Å². The van der Waals surface area contributed by atoms with Gasteiger partial charge < -0.3 is 4.84 Å². The lowest BCUT2D eigenvalue weighted by Gasteiger charge is -1.97. The lowest BCUT2D eigenvalue weighted by Crippen LogP contribution is -1.85. The van der Waals surface area contributed by atoms with E-state index in [1.807, 2.05) is 37.3 Å². The standard InChI is InChI=1S/C11H13NO/c1-3-13-12-9-10(2)11-7-5-4-6-8-11/h4-9H,2-3H2,1H3/b12-9-. The molecule has 0 atom stereocenters. The van der Waals surface area contributed by atoms with Gasteiger partial charge in [-0.15, -0.1) is 0 Å². The second kappa shape index (κ2) is 5.14. The Hall–Kier alpha value is -1.57. The molecule has 2 heteroatoms. The number of nitrogens with zero attached hydrogens (tertiary/aromatic N) is 1. The number of allylic oxidation sites excluding steroid dienone is 1. The van der Waals surface area contributed by atoms with Crippen LogP contribution in [0.3, 0.4) is 0 Å². The van der Waals surface area contributed by atoms with E-state index in [0.29, 0.717) is 6.61 Å². The Morgan fingerprint density at radius 3 is 2.77 bits per heavy atom. The van der Waals surface area contributed by atoms with Gasteiger partial charge in [0.05, 0.1) is 6.21 Å². The third-order valence-electron chi connectivity index (χ3n) is 1.56. The predicted octanol–water partition coefficient (Wildman–Crippen LogP) is 2.72. The van der Waals surface area contributed by atoms with Crippen LogP contribution in [-0.4, -0.2) is 12.8 Å². The minimum absolute atomic E-state index is 0.582. The summed E-state index contributed by atoms with van der Waals surface area (Å²) in [5, 5.41) is 3.74. The van der Waals surface area contributed by atoms with Gasteiger partial charge in [-0.25, -0.2) is 0 Å². The molecule has 0 fully saturated rings. The zero-order chi connectivity index (χ0) is 9.52. The van der Waals surface area contributed by atoms with Gasteiger partial charge in [0.15, 0.2) is 0 Å². The number of hydrogen-bond donors (Lipinski definition) is 0. The average molecular weight is 175 g/mol. The summed E-state index contributed by atoms with van der Waals surface area (Å²) in [6, 6.07) is 9.88. The zero-order valence-electron chi connectivity index (χ0n) is 7.73. The summed E-state index contributed by atoms with van der Waals surface area (Å²) in [5.74, 6) is 0. The average Bonchev–Trinajstić information content (AvgIpc) is 2.19. The Kier molecular flexibility index (Phi) is 3.76. The summed E-state index contributed by atoms with van der Waals surface area (Å²) in [5.41, 5.74) is 1.92. The lowest BCUT2D eigenvalue weighted by molar-refractivity contribution is 0.161. The Morgan fingerprint density at radius 2 is 2.15 bits per heavy atom. The first-order valence-electron chi connectivity index (χ1n) is 4.24. The normalized spacial score (nSPS) is 10.2. The van der Waals surface area contributed by atoms with E-state index < -0.39 is 0 Å². The predicted molar refractivity (Wildman–Crippen MR) is 55.6 cm³/mol. The summed E-state index contributed by atoms with van der Waals surface area (Å²) >= 11 is 0. The van der Waals surface area contributed by atoms with Crippen molar-refractivity contribution >= 4 is 11.8 Å². The maximum atomic E-state index is 4.83. The van der Waals surface area contributed by atoms with Gasteiger partial charge in [-0.3, -0.25) is 0 Å².